The number of carbonyl (C=O) groups is 1. The van der Waals surface area contributed by atoms with E-state index in [4.69, 9.17) is 9.26 Å². The fourth-order valence-electron chi connectivity index (χ4n) is 2.79. The van der Waals surface area contributed by atoms with Crippen molar-refractivity contribution in [2.24, 2.45) is 5.92 Å². The van der Waals surface area contributed by atoms with Gasteiger partial charge in [0.2, 0.25) is 5.91 Å². The Hall–Kier alpha value is -2.30. The maximum Gasteiger partial charge on any atom is 0.227 e. The molecule has 1 N–H and O–H groups in total. The Kier molecular flexibility index (Phi) is 3.33. The van der Waals surface area contributed by atoms with Crippen LogP contribution >= 0.6 is 0 Å². The van der Waals surface area contributed by atoms with E-state index < -0.39 is 0 Å². The lowest BCUT2D eigenvalue weighted by Crippen LogP contribution is -2.37. The number of benzene rings is 1. The molecule has 0 radical (unpaired) electrons. The molecular weight excluding hydrogens is 280 g/mol. The van der Waals surface area contributed by atoms with Gasteiger partial charge in [0, 0.05) is 12.0 Å². The number of ether oxygens (including phenoxy) is 1. The lowest BCUT2D eigenvalue weighted by molar-refractivity contribution is -0.126. The van der Waals surface area contributed by atoms with Crippen LogP contribution in [0, 0.1) is 5.92 Å². The van der Waals surface area contributed by atoms with E-state index >= 15 is 0 Å². The maximum atomic E-state index is 12.3. The van der Waals surface area contributed by atoms with Crippen molar-refractivity contribution >= 4 is 5.91 Å². The second-order valence-corrected chi connectivity index (χ2v) is 6.03. The Morgan fingerprint density at radius 1 is 1.32 bits per heavy atom. The second kappa shape index (κ2) is 5.48. The van der Waals surface area contributed by atoms with Crippen molar-refractivity contribution in [2.45, 2.75) is 31.7 Å². The number of rotatable bonds is 4. The summed E-state index contributed by atoms with van der Waals surface area (Å²) in [6, 6.07) is 9.82. The average Bonchev–Trinajstić information content (AvgIpc) is 3.31. The van der Waals surface area contributed by atoms with Crippen LogP contribution in [0.4, 0.5) is 0 Å². The number of hydrogen-bond acceptors (Lipinski definition) is 4. The molecule has 22 heavy (non-hydrogen) atoms. The molecule has 1 aromatic heterocycles. The Morgan fingerprint density at radius 3 is 3.05 bits per heavy atom. The standard InChI is InChI=1S/C17H18N2O3/c20-17(13-7-12-3-1-2-4-15(12)21-10-13)18-9-14-8-16(22-19-14)11-5-6-11/h1-4,8,11,13H,5-7,9-10H2,(H,18,20)/t13-/m1/s1. The van der Waals surface area contributed by atoms with Gasteiger partial charge in [0.25, 0.3) is 0 Å². The summed E-state index contributed by atoms with van der Waals surface area (Å²) in [4.78, 5) is 12.3. The van der Waals surface area contributed by atoms with Gasteiger partial charge in [0.05, 0.1) is 12.5 Å². The molecule has 2 aromatic rings. The van der Waals surface area contributed by atoms with Crippen LogP contribution in [0.15, 0.2) is 34.9 Å². The van der Waals surface area contributed by atoms with Crippen LogP contribution in [0.3, 0.4) is 0 Å². The zero-order chi connectivity index (χ0) is 14.9. The van der Waals surface area contributed by atoms with Gasteiger partial charge in [-0.25, -0.2) is 0 Å². The molecule has 4 rings (SSSR count). The van der Waals surface area contributed by atoms with E-state index in [1.165, 1.54) is 12.8 Å². The Morgan fingerprint density at radius 2 is 2.18 bits per heavy atom. The molecule has 1 amide bonds. The van der Waals surface area contributed by atoms with Crippen LogP contribution in [0.5, 0.6) is 5.75 Å². The largest absolute Gasteiger partial charge is 0.492 e. The highest BCUT2D eigenvalue weighted by Gasteiger charge is 2.28. The molecule has 0 saturated heterocycles. The van der Waals surface area contributed by atoms with Crippen molar-refractivity contribution in [3.63, 3.8) is 0 Å². The Balaban J connectivity index is 1.34. The van der Waals surface area contributed by atoms with Crippen molar-refractivity contribution in [1.29, 1.82) is 0 Å². The highest BCUT2D eigenvalue weighted by atomic mass is 16.5. The summed E-state index contributed by atoms with van der Waals surface area (Å²) in [5.41, 5.74) is 1.87. The summed E-state index contributed by atoms with van der Waals surface area (Å²) < 4.78 is 10.9. The van der Waals surface area contributed by atoms with Crippen molar-refractivity contribution in [2.75, 3.05) is 6.61 Å². The van der Waals surface area contributed by atoms with Gasteiger partial charge in [-0.2, -0.15) is 0 Å². The summed E-state index contributed by atoms with van der Waals surface area (Å²) in [5.74, 6) is 2.23. The number of carbonyl (C=O) groups excluding carboxylic acids is 1. The van der Waals surface area contributed by atoms with E-state index in [9.17, 15) is 4.79 Å². The molecule has 2 aliphatic rings. The number of para-hydroxylation sites is 1. The first kappa shape index (κ1) is 13.4. The highest BCUT2D eigenvalue weighted by molar-refractivity contribution is 5.79. The molecule has 1 aromatic carbocycles. The van der Waals surface area contributed by atoms with Gasteiger partial charge in [-0.3, -0.25) is 4.79 Å². The number of nitrogens with zero attached hydrogens (tertiary/aromatic N) is 1. The minimum absolute atomic E-state index is 0.00507. The molecule has 1 aliphatic carbocycles. The van der Waals surface area contributed by atoms with E-state index in [0.717, 1.165) is 22.8 Å². The molecule has 5 heteroatoms. The van der Waals surface area contributed by atoms with Crippen molar-refractivity contribution in [3.05, 3.63) is 47.3 Å². The number of hydrogen-bond donors (Lipinski definition) is 1. The lowest BCUT2D eigenvalue weighted by Gasteiger charge is -2.24. The van der Waals surface area contributed by atoms with Crippen LogP contribution < -0.4 is 10.1 Å². The first-order valence-electron chi connectivity index (χ1n) is 7.73. The SMILES string of the molecule is O=C(NCc1cc(C2CC2)on1)[C@H]1COc2ccccc2C1. The smallest absolute Gasteiger partial charge is 0.227 e. The monoisotopic (exact) mass is 298 g/mol. The zero-order valence-corrected chi connectivity index (χ0v) is 12.2. The van der Waals surface area contributed by atoms with Crippen molar-refractivity contribution < 1.29 is 14.1 Å². The van der Waals surface area contributed by atoms with Gasteiger partial charge >= 0.3 is 0 Å². The molecular formula is C17H18N2O3. The number of amides is 1. The van der Waals surface area contributed by atoms with E-state index in [-0.39, 0.29) is 11.8 Å². The zero-order valence-electron chi connectivity index (χ0n) is 12.2. The first-order chi connectivity index (χ1) is 10.8. The normalized spacial score (nSPS) is 20.1. The minimum Gasteiger partial charge on any atom is -0.492 e. The first-order valence-corrected chi connectivity index (χ1v) is 7.73. The fourth-order valence-corrected chi connectivity index (χ4v) is 2.79. The maximum absolute atomic E-state index is 12.3. The molecule has 1 aliphatic heterocycles. The predicted molar refractivity (Wildman–Crippen MR) is 79.5 cm³/mol. The van der Waals surface area contributed by atoms with E-state index in [2.05, 4.69) is 10.5 Å². The average molecular weight is 298 g/mol. The molecule has 0 spiro atoms. The van der Waals surface area contributed by atoms with Crippen LogP contribution in [-0.2, 0) is 17.8 Å². The molecule has 0 unspecified atom stereocenters. The predicted octanol–water partition coefficient (Wildman–Crippen LogP) is 2.42. The van der Waals surface area contributed by atoms with Crippen LogP contribution in [-0.4, -0.2) is 17.7 Å². The minimum atomic E-state index is -0.148. The molecule has 1 atom stereocenters. The fraction of sp³-hybridized carbons (Fsp3) is 0.412. The lowest BCUT2D eigenvalue weighted by atomic mass is 9.96. The summed E-state index contributed by atoms with van der Waals surface area (Å²) in [5, 5.41) is 6.94. The van der Waals surface area contributed by atoms with Gasteiger partial charge in [0.15, 0.2) is 0 Å². The van der Waals surface area contributed by atoms with Crippen molar-refractivity contribution in [1.82, 2.24) is 10.5 Å². The quantitative estimate of drug-likeness (QED) is 0.941. The van der Waals surface area contributed by atoms with E-state index in [0.29, 0.717) is 25.5 Å². The third-order valence-corrected chi connectivity index (χ3v) is 4.25. The number of aromatic nitrogens is 1. The van der Waals surface area contributed by atoms with Gasteiger partial charge in [-0.15, -0.1) is 0 Å². The molecule has 114 valence electrons. The highest BCUT2D eigenvalue weighted by Crippen LogP contribution is 2.40. The Labute approximate surface area is 128 Å². The van der Waals surface area contributed by atoms with Gasteiger partial charge in [0.1, 0.15) is 23.8 Å². The van der Waals surface area contributed by atoms with E-state index in [1.807, 2.05) is 30.3 Å². The summed E-state index contributed by atoms with van der Waals surface area (Å²) in [6.07, 6.45) is 3.08. The number of fused-ring (bicyclic) bond motifs is 1. The summed E-state index contributed by atoms with van der Waals surface area (Å²) in [7, 11) is 0. The third-order valence-electron chi connectivity index (χ3n) is 4.25. The van der Waals surface area contributed by atoms with Crippen LogP contribution in [0.25, 0.3) is 0 Å². The van der Waals surface area contributed by atoms with Crippen LogP contribution in [0.2, 0.25) is 0 Å². The van der Waals surface area contributed by atoms with E-state index in [1.54, 1.807) is 0 Å². The number of nitrogens with one attached hydrogen (secondary N) is 1. The molecule has 1 fully saturated rings. The molecule has 5 nitrogen and oxygen atoms in total. The van der Waals surface area contributed by atoms with Crippen molar-refractivity contribution in [3.8, 4) is 5.75 Å². The molecule has 1 saturated carbocycles. The molecule has 2 heterocycles. The van der Waals surface area contributed by atoms with Gasteiger partial charge in [-0.05, 0) is 30.9 Å². The third kappa shape index (κ3) is 2.71. The van der Waals surface area contributed by atoms with Crippen LogP contribution in [0.1, 0.15) is 35.8 Å². The summed E-state index contributed by atoms with van der Waals surface area (Å²) in [6.45, 7) is 0.836. The second-order valence-electron chi connectivity index (χ2n) is 6.03. The van der Waals surface area contributed by atoms with Gasteiger partial charge < -0.3 is 14.6 Å². The van der Waals surface area contributed by atoms with Gasteiger partial charge in [-0.1, -0.05) is 23.4 Å². The Bertz CT molecular complexity index is 691. The molecule has 0 bridgehead atoms. The topological polar surface area (TPSA) is 64.4 Å². The summed E-state index contributed by atoms with van der Waals surface area (Å²) >= 11 is 0.